The molecule has 0 bridgehead atoms. The summed E-state index contributed by atoms with van der Waals surface area (Å²) in [6.07, 6.45) is -0.0339. The second kappa shape index (κ2) is 8.87. The number of alkyl halides is 2. The number of benzene rings is 2. The largest absolute Gasteiger partial charge is 0.493 e. The normalized spacial score (nSPS) is 11.2. The van der Waals surface area contributed by atoms with Gasteiger partial charge in [-0.15, -0.1) is 0 Å². The Hall–Kier alpha value is -2.88. The number of hydrogen-bond acceptors (Lipinski definition) is 6. The number of methoxy groups -OCH3 is 3. The van der Waals surface area contributed by atoms with Crippen molar-refractivity contribution in [1.82, 2.24) is 0 Å². The molecule has 0 saturated carbocycles. The summed E-state index contributed by atoms with van der Waals surface area (Å²) in [6.45, 7) is 0. The van der Waals surface area contributed by atoms with Crippen LogP contribution in [0.4, 0.5) is 14.5 Å². The summed E-state index contributed by atoms with van der Waals surface area (Å²) in [4.78, 5) is 11.7. The van der Waals surface area contributed by atoms with Crippen LogP contribution in [0.3, 0.4) is 0 Å². The van der Waals surface area contributed by atoms with E-state index in [1.165, 1.54) is 33.5 Å². The molecule has 7 nitrogen and oxygen atoms in total. The number of carbonyl (C=O) groups is 1. The van der Waals surface area contributed by atoms with E-state index in [9.17, 15) is 22.0 Å². The fourth-order valence-electron chi connectivity index (χ4n) is 2.46. The molecule has 0 saturated heterocycles. The van der Waals surface area contributed by atoms with E-state index in [1.54, 1.807) is 12.1 Å². The maximum Gasteiger partial charge on any atom is 0.341 e. The number of amides is 1. The molecule has 0 unspecified atom stereocenters. The van der Waals surface area contributed by atoms with Crippen molar-refractivity contribution in [2.24, 2.45) is 0 Å². The number of carbonyl (C=O) groups excluding carboxylic acids is 1. The van der Waals surface area contributed by atoms with Gasteiger partial charge in [0.25, 0.3) is 0 Å². The molecule has 0 fully saturated rings. The highest BCUT2D eigenvalue weighted by atomic mass is 32.2. The molecule has 0 aliphatic heterocycles. The van der Waals surface area contributed by atoms with E-state index >= 15 is 0 Å². The van der Waals surface area contributed by atoms with E-state index in [0.717, 1.165) is 12.1 Å². The maximum atomic E-state index is 12.5. The van der Waals surface area contributed by atoms with Gasteiger partial charge < -0.3 is 19.5 Å². The molecule has 0 spiro atoms. The van der Waals surface area contributed by atoms with Crippen LogP contribution >= 0.6 is 0 Å². The van der Waals surface area contributed by atoms with Gasteiger partial charge in [-0.2, -0.15) is 8.78 Å². The Morgan fingerprint density at radius 2 is 1.54 bits per heavy atom. The highest BCUT2D eigenvalue weighted by Crippen LogP contribution is 2.38. The van der Waals surface area contributed by atoms with E-state index in [0.29, 0.717) is 22.8 Å². The average Bonchev–Trinajstić information content (AvgIpc) is 2.67. The molecule has 0 atom stereocenters. The van der Waals surface area contributed by atoms with Crippen LogP contribution in [0.5, 0.6) is 17.2 Å². The lowest BCUT2D eigenvalue weighted by Crippen LogP contribution is -2.15. The maximum absolute atomic E-state index is 12.5. The lowest BCUT2D eigenvalue weighted by atomic mass is 10.1. The zero-order valence-corrected chi connectivity index (χ0v) is 16.2. The first-order valence-corrected chi connectivity index (χ1v) is 9.48. The predicted molar refractivity (Wildman–Crippen MR) is 98.1 cm³/mol. The number of halogens is 2. The average molecular weight is 415 g/mol. The minimum absolute atomic E-state index is 0.0339. The second-order valence-corrected chi connectivity index (χ2v) is 7.51. The third kappa shape index (κ3) is 4.69. The summed E-state index contributed by atoms with van der Waals surface area (Å²) in [5, 5.41) is 2.57. The summed E-state index contributed by atoms with van der Waals surface area (Å²) in [7, 11) is -0.306. The van der Waals surface area contributed by atoms with Crippen LogP contribution in [-0.4, -0.2) is 41.4 Å². The van der Waals surface area contributed by atoms with E-state index < -0.39 is 26.4 Å². The quantitative estimate of drug-likeness (QED) is 0.713. The van der Waals surface area contributed by atoms with Crippen LogP contribution in [-0.2, 0) is 21.1 Å². The fourth-order valence-corrected chi connectivity index (χ4v) is 3.18. The zero-order valence-electron chi connectivity index (χ0n) is 15.4. The van der Waals surface area contributed by atoms with Crippen LogP contribution in [0.15, 0.2) is 41.3 Å². The Bertz CT molecular complexity index is 920. The van der Waals surface area contributed by atoms with Gasteiger partial charge in [0.05, 0.1) is 32.6 Å². The Morgan fingerprint density at radius 3 is 1.96 bits per heavy atom. The zero-order chi connectivity index (χ0) is 20.9. The highest BCUT2D eigenvalue weighted by molar-refractivity contribution is 7.91. The van der Waals surface area contributed by atoms with E-state index in [-0.39, 0.29) is 12.1 Å². The van der Waals surface area contributed by atoms with Crippen LogP contribution in [0.2, 0.25) is 0 Å². The van der Waals surface area contributed by atoms with Crippen molar-refractivity contribution in [3.05, 3.63) is 42.0 Å². The molecule has 2 aromatic rings. The molecule has 1 N–H and O–H groups in total. The molecule has 0 radical (unpaired) electrons. The molecule has 0 aliphatic rings. The van der Waals surface area contributed by atoms with Gasteiger partial charge in [0, 0.05) is 5.69 Å². The molecule has 2 aromatic carbocycles. The van der Waals surface area contributed by atoms with Crippen molar-refractivity contribution in [3.63, 3.8) is 0 Å². The first-order valence-electron chi connectivity index (χ1n) is 7.93. The molecular weight excluding hydrogens is 396 g/mol. The van der Waals surface area contributed by atoms with Gasteiger partial charge >= 0.3 is 5.76 Å². The Kier molecular flexibility index (Phi) is 6.79. The van der Waals surface area contributed by atoms with Gasteiger partial charge in [-0.25, -0.2) is 8.42 Å². The Balaban J connectivity index is 2.14. The van der Waals surface area contributed by atoms with Crippen LogP contribution in [0.1, 0.15) is 5.56 Å². The van der Waals surface area contributed by atoms with E-state index in [4.69, 9.17) is 14.2 Å². The van der Waals surface area contributed by atoms with E-state index in [2.05, 4.69) is 5.32 Å². The number of ether oxygens (including phenoxy) is 3. The van der Waals surface area contributed by atoms with Gasteiger partial charge in [0.1, 0.15) is 0 Å². The van der Waals surface area contributed by atoms with Crippen molar-refractivity contribution < 1.29 is 36.2 Å². The Labute approximate surface area is 161 Å². The molecule has 0 heterocycles. The van der Waals surface area contributed by atoms with Crippen molar-refractivity contribution in [3.8, 4) is 17.2 Å². The summed E-state index contributed by atoms with van der Waals surface area (Å²) >= 11 is 0. The number of anilines is 1. The highest BCUT2D eigenvalue weighted by Gasteiger charge is 2.26. The van der Waals surface area contributed by atoms with Gasteiger partial charge in [-0.1, -0.05) is 0 Å². The fraction of sp³-hybridized carbons (Fsp3) is 0.278. The first kappa shape index (κ1) is 21.4. The van der Waals surface area contributed by atoms with Crippen LogP contribution in [0.25, 0.3) is 0 Å². The smallest absolute Gasteiger partial charge is 0.341 e. The molecule has 152 valence electrons. The summed E-state index contributed by atoms with van der Waals surface area (Å²) in [6, 6.07) is 7.75. The molecule has 10 heteroatoms. The topological polar surface area (TPSA) is 90.9 Å². The lowest BCUT2D eigenvalue weighted by molar-refractivity contribution is -0.115. The predicted octanol–water partition coefficient (Wildman–Crippen LogP) is 2.89. The number of sulfone groups is 1. The molecule has 0 aliphatic carbocycles. The SMILES string of the molecule is COc1cc(CC(=O)Nc2ccc(S(=O)(=O)C(F)F)cc2)cc(OC)c1OC. The van der Waals surface area contributed by atoms with Gasteiger partial charge in [-0.05, 0) is 42.0 Å². The molecule has 2 rings (SSSR count). The number of nitrogens with one attached hydrogen (secondary N) is 1. The minimum Gasteiger partial charge on any atom is -0.493 e. The van der Waals surface area contributed by atoms with Gasteiger partial charge in [-0.3, -0.25) is 4.79 Å². The standard InChI is InChI=1S/C18H19F2NO6S/c1-25-14-8-11(9-15(26-2)17(14)27-3)10-16(22)21-12-4-6-13(7-5-12)28(23,24)18(19)20/h4-9,18H,10H2,1-3H3,(H,21,22). The molecular formula is C18H19F2NO6S. The molecule has 28 heavy (non-hydrogen) atoms. The molecule has 1 amide bonds. The number of hydrogen-bond donors (Lipinski definition) is 1. The lowest BCUT2D eigenvalue weighted by Gasteiger charge is -2.14. The third-order valence-electron chi connectivity index (χ3n) is 3.79. The Morgan fingerprint density at radius 1 is 1.00 bits per heavy atom. The van der Waals surface area contributed by atoms with Gasteiger partial charge in [0.2, 0.25) is 21.5 Å². The van der Waals surface area contributed by atoms with Crippen molar-refractivity contribution >= 4 is 21.4 Å². The van der Waals surface area contributed by atoms with Crippen LogP contribution in [0, 0.1) is 0 Å². The third-order valence-corrected chi connectivity index (χ3v) is 5.19. The van der Waals surface area contributed by atoms with Gasteiger partial charge in [0.15, 0.2) is 11.5 Å². The van der Waals surface area contributed by atoms with Crippen molar-refractivity contribution in [1.29, 1.82) is 0 Å². The van der Waals surface area contributed by atoms with E-state index in [1.807, 2.05) is 0 Å². The molecule has 0 aromatic heterocycles. The summed E-state index contributed by atoms with van der Waals surface area (Å²) in [5.74, 6) is -2.73. The second-order valence-electron chi connectivity index (χ2n) is 5.59. The van der Waals surface area contributed by atoms with Crippen molar-refractivity contribution in [2.45, 2.75) is 17.1 Å². The summed E-state index contributed by atoms with van der Waals surface area (Å²) < 4.78 is 63.6. The minimum atomic E-state index is -4.68. The van der Waals surface area contributed by atoms with Crippen molar-refractivity contribution in [2.75, 3.05) is 26.6 Å². The first-order chi connectivity index (χ1) is 13.2. The monoisotopic (exact) mass is 415 g/mol. The summed E-state index contributed by atoms with van der Waals surface area (Å²) in [5.41, 5.74) is 0.856. The van der Waals surface area contributed by atoms with Crippen LogP contribution < -0.4 is 19.5 Å². The number of rotatable bonds is 8.